The number of para-hydroxylation sites is 1. The van der Waals surface area contributed by atoms with Crippen LogP contribution in [0.25, 0.3) is 0 Å². The Morgan fingerprint density at radius 1 is 1.35 bits per heavy atom. The van der Waals surface area contributed by atoms with Gasteiger partial charge in [-0.1, -0.05) is 12.1 Å². The number of aromatic amines is 1. The maximum Gasteiger partial charge on any atom is 0.461 e. The molecule has 0 aliphatic carbocycles. The van der Waals surface area contributed by atoms with E-state index in [1.54, 1.807) is 12.4 Å². The Morgan fingerprint density at radius 2 is 2.12 bits per heavy atom. The topological polar surface area (TPSA) is 58.2 Å². The SMILES string of the molecule is O=C(c1ccccc1OC(F)(F)C(F)F)N1CCC[C@@H](c2ncc[nH]2)C1. The van der Waals surface area contributed by atoms with Gasteiger partial charge >= 0.3 is 12.5 Å². The van der Waals surface area contributed by atoms with Crippen molar-refractivity contribution in [2.45, 2.75) is 31.3 Å². The lowest BCUT2D eigenvalue weighted by atomic mass is 9.96. The van der Waals surface area contributed by atoms with Crippen LogP contribution in [0.15, 0.2) is 36.7 Å². The highest BCUT2D eigenvalue weighted by Crippen LogP contribution is 2.32. The molecule has 0 saturated carbocycles. The first-order chi connectivity index (χ1) is 12.4. The number of carbonyl (C=O) groups is 1. The maximum atomic E-state index is 13.3. The largest absolute Gasteiger partial charge is 0.461 e. The number of benzene rings is 1. The van der Waals surface area contributed by atoms with Crippen LogP contribution in [0.1, 0.15) is 34.9 Å². The van der Waals surface area contributed by atoms with Gasteiger partial charge in [0, 0.05) is 31.4 Å². The number of likely N-dealkylation sites (tertiary alicyclic amines) is 1. The molecule has 0 bridgehead atoms. The summed E-state index contributed by atoms with van der Waals surface area (Å²) in [5.74, 6) is -0.362. The minimum atomic E-state index is -4.67. The highest BCUT2D eigenvalue weighted by Gasteiger charge is 2.44. The number of amides is 1. The number of hydrogen-bond acceptors (Lipinski definition) is 3. The number of alkyl halides is 4. The van der Waals surface area contributed by atoms with Crippen molar-refractivity contribution in [3.8, 4) is 5.75 Å². The number of H-pyrrole nitrogens is 1. The standard InChI is InChI=1S/C17H17F4N3O2/c18-16(19)17(20,21)26-13-6-2-1-5-12(13)15(25)24-9-3-4-11(10-24)14-22-7-8-23-14/h1-2,5-8,11,16H,3-4,9-10H2,(H,22,23)/t11-/m1/s1. The molecule has 1 aliphatic rings. The van der Waals surface area contributed by atoms with Crippen LogP contribution in [0, 0.1) is 0 Å². The second kappa shape index (κ2) is 7.35. The van der Waals surface area contributed by atoms with Crippen molar-refractivity contribution in [1.29, 1.82) is 0 Å². The Hall–Kier alpha value is -2.58. The number of nitrogens with zero attached hydrogens (tertiary/aromatic N) is 2. The minimum Gasteiger partial charge on any atom is -0.427 e. The fourth-order valence-corrected chi connectivity index (χ4v) is 2.98. The van der Waals surface area contributed by atoms with Crippen molar-refractivity contribution in [3.63, 3.8) is 0 Å². The van der Waals surface area contributed by atoms with Crippen LogP contribution in [0.4, 0.5) is 17.6 Å². The Balaban J connectivity index is 1.79. The summed E-state index contributed by atoms with van der Waals surface area (Å²) in [5, 5.41) is 0. The molecule has 1 aromatic carbocycles. The summed E-state index contributed by atoms with van der Waals surface area (Å²) < 4.78 is 55.5. The molecular weight excluding hydrogens is 354 g/mol. The van der Waals surface area contributed by atoms with Gasteiger partial charge in [0.15, 0.2) is 0 Å². The number of nitrogens with one attached hydrogen (secondary N) is 1. The Kier molecular flexibility index (Phi) is 5.15. The normalized spacial score (nSPS) is 18.2. The van der Waals surface area contributed by atoms with E-state index in [0.29, 0.717) is 19.5 Å². The average molecular weight is 371 g/mol. The van der Waals surface area contributed by atoms with E-state index in [1.165, 1.54) is 23.1 Å². The lowest BCUT2D eigenvalue weighted by Crippen LogP contribution is -2.40. The van der Waals surface area contributed by atoms with Gasteiger partial charge in [0.1, 0.15) is 11.6 Å². The molecule has 1 aliphatic heterocycles. The van der Waals surface area contributed by atoms with Crippen molar-refractivity contribution in [1.82, 2.24) is 14.9 Å². The Bertz CT molecular complexity index is 752. The number of carbonyl (C=O) groups excluding carboxylic acids is 1. The average Bonchev–Trinajstić information content (AvgIpc) is 3.16. The summed E-state index contributed by atoms with van der Waals surface area (Å²) in [6.07, 6.45) is -3.82. The van der Waals surface area contributed by atoms with E-state index in [1.807, 2.05) is 0 Å². The molecule has 0 spiro atoms. The van der Waals surface area contributed by atoms with Gasteiger partial charge in [-0.3, -0.25) is 4.79 Å². The second-order valence-corrected chi connectivity index (χ2v) is 6.03. The van der Waals surface area contributed by atoms with Gasteiger partial charge in [-0.2, -0.15) is 17.6 Å². The molecule has 140 valence electrons. The molecule has 2 heterocycles. The molecule has 1 N–H and O–H groups in total. The molecule has 1 fully saturated rings. The predicted molar refractivity (Wildman–Crippen MR) is 84.5 cm³/mol. The molecule has 5 nitrogen and oxygen atoms in total. The zero-order chi connectivity index (χ0) is 18.7. The number of ether oxygens (including phenoxy) is 1. The van der Waals surface area contributed by atoms with Crippen molar-refractivity contribution in [3.05, 3.63) is 48.0 Å². The van der Waals surface area contributed by atoms with Crippen LogP contribution in [0.5, 0.6) is 5.75 Å². The van der Waals surface area contributed by atoms with Gasteiger partial charge in [-0.25, -0.2) is 4.98 Å². The van der Waals surface area contributed by atoms with E-state index in [9.17, 15) is 22.4 Å². The molecule has 1 saturated heterocycles. The first-order valence-corrected chi connectivity index (χ1v) is 8.11. The summed E-state index contributed by atoms with van der Waals surface area (Å²) >= 11 is 0. The van der Waals surface area contributed by atoms with Gasteiger partial charge in [0.25, 0.3) is 5.91 Å². The first kappa shape index (κ1) is 18.2. The Labute approximate surface area is 147 Å². The lowest BCUT2D eigenvalue weighted by Gasteiger charge is -2.32. The van der Waals surface area contributed by atoms with Crippen LogP contribution < -0.4 is 4.74 Å². The van der Waals surface area contributed by atoms with E-state index in [0.717, 1.165) is 18.3 Å². The van der Waals surface area contributed by atoms with Crippen LogP contribution in [0.2, 0.25) is 0 Å². The van der Waals surface area contributed by atoms with Gasteiger partial charge in [0.05, 0.1) is 5.56 Å². The number of aromatic nitrogens is 2. The smallest absolute Gasteiger partial charge is 0.427 e. The highest BCUT2D eigenvalue weighted by atomic mass is 19.3. The van der Waals surface area contributed by atoms with Crippen molar-refractivity contribution >= 4 is 5.91 Å². The first-order valence-electron chi connectivity index (χ1n) is 8.11. The molecule has 26 heavy (non-hydrogen) atoms. The summed E-state index contributed by atoms with van der Waals surface area (Å²) in [6, 6.07) is 5.18. The number of rotatable bonds is 5. The third kappa shape index (κ3) is 3.81. The molecule has 2 aromatic rings. The monoisotopic (exact) mass is 371 g/mol. The fourth-order valence-electron chi connectivity index (χ4n) is 2.98. The molecule has 1 aromatic heterocycles. The van der Waals surface area contributed by atoms with E-state index in [4.69, 9.17) is 0 Å². The van der Waals surface area contributed by atoms with Gasteiger partial charge in [-0.15, -0.1) is 0 Å². The Morgan fingerprint density at radius 3 is 2.81 bits per heavy atom. The fraction of sp³-hybridized carbons (Fsp3) is 0.412. The van der Waals surface area contributed by atoms with Crippen LogP contribution in [-0.2, 0) is 0 Å². The van der Waals surface area contributed by atoms with Crippen LogP contribution in [0.3, 0.4) is 0 Å². The molecule has 1 amide bonds. The molecule has 1 atom stereocenters. The lowest BCUT2D eigenvalue weighted by molar-refractivity contribution is -0.253. The second-order valence-electron chi connectivity index (χ2n) is 6.03. The molecule has 9 heteroatoms. The van der Waals surface area contributed by atoms with E-state index in [2.05, 4.69) is 14.7 Å². The van der Waals surface area contributed by atoms with E-state index >= 15 is 0 Å². The summed E-state index contributed by atoms with van der Waals surface area (Å²) in [7, 11) is 0. The quantitative estimate of drug-likeness (QED) is 0.816. The third-order valence-corrected chi connectivity index (χ3v) is 4.23. The predicted octanol–water partition coefficient (Wildman–Crippen LogP) is 3.67. The summed E-state index contributed by atoms with van der Waals surface area (Å²) in [4.78, 5) is 21.5. The van der Waals surface area contributed by atoms with Crippen LogP contribution in [-0.4, -0.2) is 46.4 Å². The highest BCUT2D eigenvalue weighted by molar-refractivity contribution is 5.97. The van der Waals surface area contributed by atoms with Crippen LogP contribution >= 0.6 is 0 Å². The van der Waals surface area contributed by atoms with Crippen molar-refractivity contribution < 1.29 is 27.1 Å². The summed E-state index contributed by atoms with van der Waals surface area (Å²) in [6.45, 7) is 0.793. The number of piperidine rings is 1. The van der Waals surface area contributed by atoms with Crippen molar-refractivity contribution in [2.75, 3.05) is 13.1 Å². The number of halogens is 4. The molecule has 3 rings (SSSR count). The van der Waals surface area contributed by atoms with Gasteiger partial charge < -0.3 is 14.6 Å². The van der Waals surface area contributed by atoms with Gasteiger partial charge in [0.2, 0.25) is 0 Å². The minimum absolute atomic E-state index is 0.00159. The molecule has 0 radical (unpaired) electrons. The number of hydrogen-bond donors (Lipinski definition) is 1. The zero-order valence-electron chi connectivity index (χ0n) is 13.7. The zero-order valence-corrected chi connectivity index (χ0v) is 13.7. The summed E-state index contributed by atoms with van der Waals surface area (Å²) in [5.41, 5.74) is -0.173. The number of imidazole rings is 1. The maximum absolute atomic E-state index is 13.3. The van der Waals surface area contributed by atoms with E-state index < -0.39 is 24.2 Å². The molecule has 0 unspecified atom stereocenters. The van der Waals surface area contributed by atoms with Gasteiger partial charge in [-0.05, 0) is 25.0 Å². The van der Waals surface area contributed by atoms with Crippen molar-refractivity contribution in [2.24, 2.45) is 0 Å². The molecular formula is C17H17F4N3O2. The van der Waals surface area contributed by atoms with E-state index in [-0.39, 0.29) is 11.5 Å². The third-order valence-electron chi connectivity index (χ3n) is 4.23.